The second-order valence-corrected chi connectivity index (χ2v) is 7.38. The van der Waals surface area contributed by atoms with Gasteiger partial charge < -0.3 is 9.47 Å². The maximum atomic E-state index is 12.4. The fourth-order valence-corrected chi connectivity index (χ4v) is 3.15. The van der Waals surface area contributed by atoms with E-state index in [1.54, 1.807) is 27.7 Å². The Labute approximate surface area is 143 Å². The van der Waals surface area contributed by atoms with Gasteiger partial charge in [0.1, 0.15) is 18.3 Å². The van der Waals surface area contributed by atoms with Gasteiger partial charge in [-0.3, -0.25) is 4.18 Å². The van der Waals surface area contributed by atoms with E-state index in [2.05, 4.69) is 0 Å². The predicted molar refractivity (Wildman–Crippen MR) is 86.8 cm³/mol. The second kappa shape index (κ2) is 7.31. The van der Waals surface area contributed by atoms with Gasteiger partial charge in [-0.2, -0.15) is 4.31 Å². The van der Waals surface area contributed by atoms with Gasteiger partial charge in [-0.25, -0.2) is 13.8 Å². The summed E-state index contributed by atoms with van der Waals surface area (Å²) in [5.41, 5.74) is 0.0216. The number of nitrogens with zero attached hydrogens (tertiary/aromatic N) is 1. The number of esters is 1. The number of carbonyl (C=O) groups excluding carboxylic acids is 2. The van der Waals surface area contributed by atoms with Crippen molar-refractivity contribution in [2.24, 2.45) is 0 Å². The quantitative estimate of drug-likeness (QED) is 0.774. The van der Waals surface area contributed by atoms with E-state index in [9.17, 15) is 13.8 Å². The van der Waals surface area contributed by atoms with E-state index in [0.717, 1.165) is 9.87 Å². The Kier molecular flexibility index (Phi) is 5.61. The number of carbonyl (C=O) groups is 2. The first-order valence-electron chi connectivity index (χ1n) is 7.51. The maximum Gasteiger partial charge on any atom is 0.424 e. The SMILES string of the molecule is C[C@H]1OS(=O)N(C(=O)OC(C)(C)C)[C@@H]1C(=O)OCc1ccccc1. The molecule has 1 saturated heterocycles. The smallest absolute Gasteiger partial charge is 0.424 e. The van der Waals surface area contributed by atoms with Gasteiger partial charge in [-0.1, -0.05) is 30.3 Å². The molecule has 3 atom stereocenters. The summed E-state index contributed by atoms with van der Waals surface area (Å²) < 4.78 is 28.3. The lowest BCUT2D eigenvalue weighted by atomic mass is 10.2. The van der Waals surface area contributed by atoms with Gasteiger partial charge in [0.25, 0.3) is 11.3 Å². The lowest BCUT2D eigenvalue weighted by molar-refractivity contribution is -0.150. The van der Waals surface area contributed by atoms with Gasteiger partial charge in [-0.15, -0.1) is 0 Å². The lowest BCUT2D eigenvalue weighted by Crippen LogP contribution is -2.47. The molecular formula is C16H21NO6S. The van der Waals surface area contributed by atoms with Gasteiger partial charge in [0, 0.05) is 0 Å². The van der Waals surface area contributed by atoms with E-state index < -0.39 is 41.1 Å². The van der Waals surface area contributed by atoms with Crippen molar-refractivity contribution in [3.05, 3.63) is 35.9 Å². The van der Waals surface area contributed by atoms with Crippen LogP contribution < -0.4 is 0 Å². The summed E-state index contributed by atoms with van der Waals surface area (Å²) >= 11 is -2.10. The van der Waals surface area contributed by atoms with Crippen LogP contribution in [0.3, 0.4) is 0 Å². The second-order valence-electron chi connectivity index (χ2n) is 6.36. The summed E-state index contributed by atoms with van der Waals surface area (Å²) in [4.78, 5) is 24.6. The molecule has 1 aliphatic rings. The molecule has 0 spiro atoms. The third kappa shape index (κ3) is 4.55. The molecule has 1 amide bonds. The van der Waals surface area contributed by atoms with E-state index >= 15 is 0 Å². The largest absolute Gasteiger partial charge is 0.459 e. The van der Waals surface area contributed by atoms with Crippen molar-refractivity contribution >= 4 is 23.3 Å². The average molecular weight is 355 g/mol. The monoisotopic (exact) mass is 355 g/mol. The number of rotatable bonds is 3. The highest BCUT2D eigenvalue weighted by atomic mass is 32.2. The molecule has 0 aromatic heterocycles. The highest BCUT2D eigenvalue weighted by molar-refractivity contribution is 7.78. The fraction of sp³-hybridized carbons (Fsp3) is 0.500. The zero-order valence-electron chi connectivity index (χ0n) is 14.1. The molecule has 8 heteroatoms. The zero-order chi connectivity index (χ0) is 17.9. The molecule has 1 heterocycles. The standard InChI is InChI=1S/C16H21NO6S/c1-11-13(14(18)21-10-12-8-6-5-7-9-12)17(24(20)23-11)15(19)22-16(2,3)4/h5-9,11,13H,10H2,1-4H3/t11-,13+,24?/m1/s1. The minimum Gasteiger partial charge on any atom is -0.459 e. The van der Waals surface area contributed by atoms with Crippen molar-refractivity contribution in [1.82, 2.24) is 4.31 Å². The molecule has 2 rings (SSSR count). The Morgan fingerprint density at radius 2 is 1.88 bits per heavy atom. The Morgan fingerprint density at radius 3 is 2.46 bits per heavy atom. The molecule has 1 unspecified atom stereocenters. The van der Waals surface area contributed by atoms with Gasteiger partial charge in [-0.05, 0) is 33.3 Å². The van der Waals surface area contributed by atoms with Crippen LogP contribution in [0.2, 0.25) is 0 Å². The van der Waals surface area contributed by atoms with Crippen molar-refractivity contribution in [3.63, 3.8) is 0 Å². The first-order chi connectivity index (χ1) is 11.2. The van der Waals surface area contributed by atoms with E-state index in [4.69, 9.17) is 13.7 Å². The van der Waals surface area contributed by atoms with Crippen molar-refractivity contribution < 1.29 is 27.5 Å². The van der Waals surface area contributed by atoms with E-state index in [1.807, 2.05) is 30.3 Å². The van der Waals surface area contributed by atoms with Crippen LogP contribution in [0.5, 0.6) is 0 Å². The summed E-state index contributed by atoms with van der Waals surface area (Å²) in [5.74, 6) is -0.692. The van der Waals surface area contributed by atoms with E-state index in [0.29, 0.717) is 0 Å². The summed E-state index contributed by atoms with van der Waals surface area (Å²) in [6, 6.07) is 8.01. The van der Waals surface area contributed by atoms with E-state index in [1.165, 1.54) is 0 Å². The van der Waals surface area contributed by atoms with Crippen molar-refractivity contribution in [2.75, 3.05) is 0 Å². The summed E-state index contributed by atoms with van der Waals surface area (Å²) in [6.45, 7) is 6.64. The molecule has 7 nitrogen and oxygen atoms in total. The minimum absolute atomic E-state index is 0.0533. The topological polar surface area (TPSA) is 82.1 Å². The average Bonchev–Trinajstić information content (AvgIpc) is 2.78. The van der Waals surface area contributed by atoms with Crippen LogP contribution in [-0.4, -0.2) is 38.3 Å². The normalized spacial score (nSPS) is 23.8. The first kappa shape index (κ1) is 18.4. The molecule has 24 heavy (non-hydrogen) atoms. The summed E-state index contributed by atoms with van der Waals surface area (Å²) in [6.07, 6.45) is -1.64. The fourth-order valence-electron chi connectivity index (χ4n) is 2.10. The van der Waals surface area contributed by atoms with Gasteiger partial charge in [0.05, 0.1) is 0 Å². The Hall–Kier alpha value is -1.93. The minimum atomic E-state index is -2.10. The third-order valence-electron chi connectivity index (χ3n) is 3.13. The number of hydrogen-bond donors (Lipinski definition) is 0. The van der Waals surface area contributed by atoms with Crippen molar-refractivity contribution in [1.29, 1.82) is 0 Å². The zero-order valence-corrected chi connectivity index (χ0v) is 14.9. The number of ether oxygens (including phenoxy) is 2. The Balaban J connectivity index is 2.08. The molecule has 1 aromatic carbocycles. The van der Waals surface area contributed by atoms with Crippen LogP contribution in [0.4, 0.5) is 4.79 Å². The molecule has 1 fully saturated rings. The molecule has 0 saturated carbocycles. The van der Waals surface area contributed by atoms with E-state index in [-0.39, 0.29) is 6.61 Å². The highest BCUT2D eigenvalue weighted by Crippen LogP contribution is 2.25. The van der Waals surface area contributed by atoms with Gasteiger partial charge in [0.15, 0.2) is 6.04 Å². The Morgan fingerprint density at radius 1 is 1.25 bits per heavy atom. The van der Waals surface area contributed by atoms with Crippen LogP contribution >= 0.6 is 0 Å². The molecule has 0 N–H and O–H groups in total. The molecule has 0 aliphatic carbocycles. The van der Waals surface area contributed by atoms with Crippen LogP contribution in [0.25, 0.3) is 0 Å². The summed E-state index contributed by atoms with van der Waals surface area (Å²) in [5, 5.41) is 0. The number of hydrogen-bond acceptors (Lipinski definition) is 6. The van der Waals surface area contributed by atoms with Crippen molar-refractivity contribution in [3.8, 4) is 0 Å². The van der Waals surface area contributed by atoms with Crippen molar-refractivity contribution in [2.45, 2.75) is 52.0 Å². The number of benzene rings is 1. The van der Waals surface area contributed by atoms with Crippen LogP contribution in [0.1, 0.15) is 33.3 Å². The van der Waals surface area contributed by atoms with Crippen LogP contribution in [0, 0.1) is 0 Å². The lowest BCUT2D eigenvalue weighted by Gasteiger charge is -2.25. The molecule has 1 aromatic rings. The molecule has 132 valence electrons. The van der Waals surface area contributed by atoms with Crippen LogP contribution in [-0.2, 0) is 36.3 Å². The van der Waals surface area contributed by atoms with Gasteiger partial charge >= 0.3 is 12.1 Å². The maximum absolute atomic E-state index is 12.4. The number of amides is 1. The Bertz CT molecular complexity index is 627. The summed E-state index contributed by atoms with van der Waals surface area (Å²) in [7, 11) is 0. The highest BCUT2D eigenvalue weighted by Gasteiger charge is 2.49. The third-order valence-corrected chi connectivity index (χ3v) is 4.30. The molecule has 0 radical (unpaired) electrons. The predicted octanol–water partition coefficient (Wildman–Crippen LogP) is 2.33. The molecule has 0 bridgehead atoms. The van der Waals surface area contributed by atoms with Gasteiger partial charge in [0.2, 0.25) is 0 Å². The molecular weight excluding hydrogens is 334 g/mol. The van der Waals surface area contributed by atoms with Crippen LogP contribution in [0.15, 0.2) is 30.3 Å². The molecule has 1 aliphatic heterocycles. The first-order valence-corrected chi connectivity index (χ1v) is 8.54.